The Bertz CT molecular complexity index is 465. The first-order chi connectivity index (χ1) is 8.43. The fraction of sp³-hybridized carbons (Fsp3) is 0.333. The summed E-state index contributed by atoms with van der Waals surface area (Å²) in [5.74, 6) is -1.55. The third-order valence-electron chi connectivity index (χ3n) is 1.87. The SMILES string of the molecule is FC(F)Oc1cc(I)cc(C(F)(F)F)c1C(F)(F)F. The van der Waals surface area contributed by atoms with Crippen LogP contribution < -0.4 is 4.74 Å². The molecule has 0 aromatic heterocycles. The Morgan fingerprint density at radius 1 is 0.947 bits per heavy atom. The molecule has 0 unspecified atom stereocenters. The molecule has 0 aliphatic heterocycles. The second-order valence-corrected chi connectivity index (χ2v) is 4.45. The van der Waals surface area contributed by atoms with Gasteiger partial charge in [0, 0.05) is 3.57 Å². The summed E-state index contributed by atoms with van der Waals surface area (Å²) in [5.41, 5.74) is -4.33. The summed E-state index contributed by atoms with van der Waals surface area (Å²) in [6, 6.07) is 0.673. The van der Waals surface area contributed by atoms with Crippen LogP contribution in [0.15, 0.2) is 12.1 Å². The molecule has 0 bridgehead atoms. The van der Waals surface area contributed by atoms with Gasteiger partial charge in [0.1, 0.15) is 11.3 Å². The third-order valence-corrected chi connectivity index (χ3v) is 2.49. The second kappa shape index (κ2) is 5.29. The normalized spacial score (nSPS) is 12.9. The molecule has 1 rings (SSSR count). The average molecular weight is 406 g/mol. The molecule has 0 atom stereocenters. The van der Waals surface area contributed by atoms with E-state index in [4.69, 9.17) is 0 Å². The van der Waals surface area contributed by atoms with Crippen molar-refractivity contribution in [3.05, 3.63) is 26.8 Å². The van der Waals surface area contributed by atoms with Crippen LogP contribution in [0, 0.1) is 3.57 Å². The van der Waals surface area contributed by atoms with Crippen LogP contribution in [-0.4, -0.2) is 6.61 Å². The van der Waals surface area contributed by atoms with Gasteiger partial charge in [-0.1, -0.05) is 0 Å². The lowest BCUT2D eigenvalue weighted by atomic mass is 10.1. The number of hydrogen-bond acceptors (Lipinski definition) is 1. The van der Waals surface area contributed by atoms with Crippen LogP contribution in [0.3, 0.4) is 0 Å². The summed E-state index contributed by atoms with van der Waals surface area (Å²) in [4.78, 5) is 0. The topological polar surface area (TPSA) is 9.23 Å². The van der Waals surface area contributed by atoms with Gasteiger partial charge in [0.05, 0.1) is 5.56 Å². The highest BCUT2D eigenvalue weighted by Gasteiger charge is 2.46. The number of ether oxygens (including phenoxy) is 1. The quantitative estimate of drug-likeness (QED) is 0.500. The van der Waals surface area contributed by atoms with E-state index in [9.17, 15) is 35.1 Å². The van der Waals surface area contributed by atoms with E-state index in [2.05, 4.69) is 4.74 Å². The monoisotopic (exact) mass is 406 g/mol. The van der Waals surface area contributed by atoms with Gasteiger partial charge < -0.3 is 4.74 Å². The Kier molecular flexibility index (Phi) is 4.52. The van der Waals surface area contributed by atoms with Gasteiger partial charge in [-0.2, -0.15) is 35.1 Å². The highest BCUT2D eigenvalue weighted by Crippen LogP contribution is 2.46. The van der Waals surface area contributed by atoms with Gasteiger partial charge in [0.25, 0.3) is 0 Å². The van der Waals surface area contributed by atoms with Crippen molar-refractivity contribution in [2.24, 2.45) is 0 Å². The Morgan fingerprint density at radius 3 is 1.84 bits per heavy atom. The fourth-order valence-electron chi connectivity index (χ4n) is 1.29. The molecule has 0 saturated carbocycles. The van der Waals surface area contributed by atoms with Gasteiger partial charge in [0.15, 0.2) is 0 Å². The predicted molar refractivity (Wildman–Crippen MR) is 55.8 cm³/mol. The number of benzene rings is 1. The molecular formula is C9H3F8IO. The Morgan fingerprint density at radius 2 is 1.47 bits per heavy atom. The van der Waals surface area contributed by atoms with Crippen LogP contribution in [-0.2, 0) is 12.4 Å². The van der Waals surface area contributed by atoms with Crippen molar-refractivity contribution in [3.8, 4) is 5.75 Å². The lowest BCUT2D eigenvalue weighted by Gasteiger charge is -2.19. The Balaban J connectivity index is 3.59. The molecule has 0 fully saturated rings. The van der Waals surface area contributed by atoms with Gasteiger partial charge in [-0.3, -0.25) is 0 Å². The zero-order chi connectivity index (χ0) is 15.0. The first-order valence-electron chi connectivity index (χ1n) is 4.35. The molecule has 1 nitrogen and oxygen atoms in total. The lowest BCUT2D eigenvalue weighted by Crippen LogP contribution is -2.19. The summed E-state index contributed by atoms with van der Waals surface area (Å²) < 4.78 is 103. The van der Waals surface area contributed by atoms with Gasteiger partial charge in [0.2, 0.25) is 0 Å². The maximum Gasteiger partial charge on any atom is 0.420 e. The van der Waals surface area contributed by atoms with Gasteiger partial charge in [-0.05, 0) is 34.7 Å². The first-order valence-corrected chi connectivity index (χ1v) is 5.43. The average Bonchev–Trinajstić information content (AvgIpc) is 2.11. The molecule has 0 heterocycles. The summed E-state index contributed by atoms with van der Waals surface area (Å²) in [5, 5.41) is 0. The van der Waals surface area contributed by atoms with Gasteiger partial charge in [-0.15, -0.1) is 0 Å². The standard InChI is InChI=1S/C9H3F8IO/c10-7(11)19-5-2-3(18)1-4(8(12,13)14)6(5)9(15,16)17/h1-2,7H. The predicted octanol–water partition coefficient (Wildman–Crippen LogP) is 4.93. The van der Waals surface area contributed by atoms with Gasteiger partial charge >= 0.3 is 19.0 Å². The largest absolute Gasteiger partial charge is 0.434 e. The molecule has 0 aliphatic carbocycles. The highest BCUT2D eigenvalue weighted by molar-refractivity contribution is 14.1. The third kappa shape index (κ3) is 4.08. The molecule has 108 valence electrons. The highest BCUT2D eigenvalue weighted by atomic mass is 127. The van der Waals surface area contributed by atoms with Crippen LogP contribution in [0.1, 0.15) is 11.1 Å². The van der Waals surface area contributed by atoms with E-state index < -0.39 is 35.8 Å². The molecule has 10 heteroatoms. The summed E-state index contributed by atoms with van der Waals surface area (Å²) >= 11 is 1.27. The van der Waals surface area contributed by atoms with E-state index in [-0.39, 0.29) is 9.64 Å². The van der Waals surface area contributed by atoms with E-state index in [0.29, 0.717) is 6.07 Å². The summed E-state index contributed by atoms with van der Waals surface area (Å²) in [6.07, 6.45) is -10.8. The van der Waals surface area contributed by atoms with Crippen LogP contribution in [0.4, 0.5) is 35.1 Å². The lowest BCUT2D eigenvalue weighted by molar-refractivity contribution is -0.164. The van der Waals surface area contributed by atoms with Gasteiger partial charge in [-0.25, -0.2) is 0 Å². The van der Waals surface area contributed by atoms with Crippen molar-refractivity contribution < 1.29 is 39.9 Å². The number of hydrogen-bond donors (Lipinski definition) is 0. The van der Waals surface area contributed by atoms with E-state index in [1.54, 1.807) is 0 Å². The minimum Gasteiger partial charge on any atom is -0.434 e. The van der Waals surface area contributed by atoms with Crippen molar-refractivity contribution in [1.29, 1.82) is 0 Å². The van der Waals surface area contributed by atoms with Crippen molar-refractivity contribution in [2.45, 2.75) is 19.0 Å². The van der Waals surface area contributed by atoms with Crippen molar-refractivity contribution in [3.63, 3.8) is 0 Å². The Labute approximate surface area is 114 Å². The molecule has 0 saturated heterocycles. The molecular weight excluding hydrogens is 403 g/mol. The van der Waals surface area contributed by atoms with Crippen LogP contribution >= 0.6 is 22.6 Å². The molecule has 1 aromatic carbocycles. The molecule has 0 N–H and O–H groups in total. The van der Waals surface area contributed by atoms with E-state index >= 15 is 0 Å². The van der Waals surface area contributed by atoms with Crippen LogP contribution in [0.2, 0.25) is 0 Å². The summed E-state index contributed by atoms with van der Waals surface area (Å²) in [6.45, 7) is -3.67. The van der Waals surface area contributed by atoms with E-state index in [0.717, 1.165) is 0 Å². The Hall–Kier alpha value is -0.810. The molecule has 0 spiro atoms. The molecule has 0 radical (unpaired) electrons. The summed E-state index contributed by atoms with van der Waals surface area (Å²) in [7, 11) is 0. The van der Waals surface area contributed by atoms with E-state index in [1.165, 1.54) is 22.6 Å². The maximum atomic E-state index is 12.6. The second-order valence-electron chi connectivity index (χ2n) is 3.20. The number of rotatable bonds is 2. The molecule has 0 amide bonds. The minimum atomic E-state index is -5.47. The molecule has 0 aliphatic rings. The van der Waals surface area contributed by atoms with Crippen molar-refractivity contribution >= 4 is 22.6 Å². The zero-order valence-corrected chi connectivity index (χ0v) is 10.7. The van der Waals surface area contributed by atoms with Crippen molar-refractivity contribution in [2.75, 3.05) is 0 Å². The zero-order valence-electron chi connectivity index (χ0n) is 8.54. The number of halogens is 9. The van der Waals surface area contributed by atoms with E-state index in [1.807, 2.05) is 0 Å². The number of alkyl halides is 8. The fourth-order valence-corrected chi connectivity index (χ4v) is 1.88. The van der Waals surface area contributed by atoms with Crippen LogP contribution in [0.25, 0.3) is 0 Å². The van der Waals surface area contributed by atoms with Crippen LogP contribution in [0.5, 0.6) is 5.75 Å². The minimum absolute atomic E-state index is 0.210. The first kappa shape index (κ1) is 16.2. The smallest absolute Gasteiger partial charge is 0.420 e. The molecule has 1 aromatic rings. The maximum absolute atomic E-state index is 12.6. The molecule has 19 heavy (non-hydrogen) atoms. The van der Waals surface area contributed by atoms with Crippen molar-refractivity contribution in [1.82, 2.24) is 0 Å².